The van der Waals surface area contributed by atoms with Crippen molar-refractivity contribution < 1.29 is 18.4 Å². The molecule has 1 fully saturated rings. The van der Waals surface area contributed by atoms with E-state index in [1.165, 1.54) is 0 Å². The highest BCUT2D eigenvalue weighted by atomic mass is 19.3. The van der Waals surface area contributed by atoms with E-state index in [1.807, 2.05) is 6.92 Å². The standard InChI is InChI=1S/C10H17F2N3O3/c1-3-14(5-8-4-7(2)18-6-8)9(13)10(11,12)15(16)17/h7-8,13H,3-6H2,1-2H3. The lowest BCUT2D eigenvalue weighted by molar-refractivity contribution is -0.618. The van der Waals surface area contributed by atoms with Crippen molar-refractivity contribution in [2.75, 3.05) is 19.7 Å². The number of rotatable bonds is 5. The van der Waals surface area contributed by atoms with Gasteiger partial charge < -0.3 is 9.64 Å². The van der Waals surface area contributed by atoms with Gasteiger partial charge >= 0.3 is 6.05 Å². The first-order valence-corrected chi connectivity index (χ1v) is 5.76. The maximum absolute atomic E-state index is 13.1. The Morgan fingerprint density at radius 1 is 1.67 bits per heavy atom. The fourth-order valence-electron chi connectivity index (χ4n) is 2.00. The second-order valence-corrected chi connectivity index (χ2v) is 4.43. The van der Waals surface area contributed by atoms with Crippen LogP contribution in [0.3, 0.4) is 0 Å². The van der Waals surface area contributed by atoms with Crippen LogP contribution >= 0.6 is 0 Å². The van der Waals surface area contributed by atoms with E-state index in [9.17, 15) is 18.9 Å². The zero-order valence-electron chi connectivity index (χ0n) is 10.4. The number of nitrogens with zero attached hydrogens (tertiary/aromatic N) is 2. The Morgan fingerprint density at radius 2 is 2.28 bits per heavy atom. The number of hydrogen-bond donors (Lipinski definition) is 1. The molecule has 6 nitrogen and oxygen atoms in total. The summed E-state index contributed by atoms with van der Waals surface area (Å²) in [6.45, 7) is 4.22. The molecular weight excluding hydrogens is 248 g/mol. The summed E-state index contributed by atoms with van der Waals surface area (Å²) < 4.78 is 31.6. The second-order valence-electron chi connectivity index (χ2n) is 4.43. The van der Waals surface area contributed by atoms with Gasteiger partial charge in [0.05, 0.1) is 12.7 Å². The molecule has 1 aliphatic heterocycles. The van der Waals surface area contributed by atoms with Crippen molar-refractivity contribution in [3.05, 3.63) is 10.1 Å². The summed E-state index contributed by atoms with van der Waals surface area (Å²) in [7, 11) is 0. The monoisotopic (exact) mass is 265 g/mol. The molecule has 0 aliphatic carbocycles. The lowest BCUT2D eigenvalue weighted by Crippen LogP contribution is -2.49. The van der Waals surface area contributed by atoms with E-state index in [4.69, 9.17) is 10.1 Å². The molecule has 1 rings (SSSR count). The highest BCUT2D eigenvalue weighted by Crippen LogP contribution is 2.23. The fraction of sp³-hybridized carbons (Fsp3) is 0.900. The molecule has 0 amide bonds. The van der Waals surface area contributed by atoms with E-state index >= 15 is 0 Å². The second kappa shape index (κ2) is 5.55. The van der Waals surface area contributed by atoms with Crippen LogP contribution in [0.5, 0.6) is 0 Å². The molecule has 0 aromatic heterocycles. The van der Waals surface area contributed by atoms with Crippen LogP contribution in [0.25, 0.3) is 0 Å². The predicted octanol–water partition coefficient (Wildman–Crippen LogP) is 1.58. The van der Waals surface area contributed by atoms with Gasteiger partial charge in [0.1, 0.15) is 4.92 Å². The molecule has 18 heavy (non-hydrogen) atoms. The minimum Gasteiger partial charge on any atom is -0.378 e. The maximum Gasteiger partial charge on any atom is 0.571 e. The molecular formula is C10H17F2N3O3. The Bertz CT molecular complexity index is 338. The number of amidine groups is 1. The Kier molecular flexibility index (Phi) is 4.55. The van der Waals surface area contributed by atoms with Gasteiger partial charge in [-0.15, -0.1) is 8.78 Å². The molecule has 2 unspecified atom stereocenters. The number of nitro groups is 1. The topological polar surface area (TPSA) is 79.5 Å². The van der Waals surface area contributed by atoms with Crippen LogP contribution in [0.2, 0.25) is 0 Å². The lowest BCUT2D eigenvalue weighted by atomic mass is 10.1. The number of ether oxygens (including phenoxy) is 1. The van der Waals surface area contributed by atoms with Gasteiger partial charge in [-0.1, -0.05) is 0 Å². The number of likely N-dealkylation sites (N-methyl/N-ethyl adjacent to an activating group) is 1. The summed E-state index contributed by atoms with van der Waals surface area (Å²) in [6, 6.07) is -4.33. The minimum atomic E-state index is -4.33. The normalized spacial score (nSPS) is 24.0. The van der Waals surface area contributed by atoms with Crippen LogP contribution < -0.4 is 0 Å². The smallest absolute Gasteiger partial charge is 0.378 e. The van der Waals surface area contributed by atoms with Crippen LogP contribution in [0.4, 0.5) is 8.78 Å². The summed E-state index contributed by atoms with van der Waals surface area (Å²) in [5.74, 6) is -1.22. The molecule has 0 spiro atoms. The third-order valence-electron chi connectivity index (χ3n) is 2.97. The number of halogens is 2. The molecule has 8 heteroatoms. The van der Waals surface area contributed by atoms with Gasteiger partial charge in [-0.2, -0.15) is 0 Å². The van der Waals surface area contributed by atoms with Gasteiger partial charge in [0.15, 0.2) is 0 Å². The van der Waals surface area contributed by atoms with Crippen molar-refractivity contribution >= 4 is 5.84 Å². The molecule has 0 aromatic rings. The summed E-state index contributed by atoms with van der Waals surface area (Å²) >= 11 is 0. The van der Waals surface area contributed by atoms with E-state index in [1.54, 1.807) is 6.92 Å². The van der Waals surface area contributed by atoms with Gasteiger partial charge in [0.25, 0.3) is 5.84 Å². The van der Waals surface area contributed by atoms with Crippen molar-refractivity contribution in [2.45, 2.75) is 32.4 Å². The average molecular weight is 265 g/mol. The van der Waals surface area contributed by atoms with Gasteiger partial charge in [0.2, 0.25) is 0 Å². The van der Waals surface area contributed by atoms with E-state index in [-0.39, 0.29) is 25.1 Å². The minimum absolute atomic E-state index is 0.0304. The third kappa shape index (κ3) is 3.12. The van der Waals surface area contributed by atoms with E-state index < -0.39 is 16.8 Å². The number of hydrogen-bond acceptors (Lipinski definition) is 4. The molecule has 2 atom stereocenters. The molecule has 0 radical (unpaired) electrons. The van der Waals surface area contributed by atoms with Gasteiger partial charge in [0, 0.05) is 19.0 Å². The molecule has 1 heterocycles. The molecule has 104 valence electrons. The highest BCUT2D eigenvalue weighted by Gasteiger charge is 2.52. The van der Waals surface area contributed by atoms with Crippen LogP contribution in [0.15, 0.2) is 0 Å². The Morgan fingerprint density at radius 3 is 2.67 bits per heavy atom. The number of alkyl halides is 2. The zero-order valence-corrected chi connectivity index (χ0v) is 10.4. The summed E-state index contributed by atoms with van der Waals surface area (Å²) in [6.07, 6.45) is 0.785. The van der Waals surface area contributed by atoms with Crippen molar-refractivity contribution in [1.29, 1.82) is 5.41 Å². The fourth-order valence-corrected chi connectivity index (χ4v) is 2.00. The number of nitrogens with one attached hydrogen (secondary N) is 1. The Balaban J connectivity index is 2.66. The first-order valence-electron chi connectivity index (χ1n) is 5.76. The van der Waals surface area contributed by atoms with Crippen molar-refractivity contribution in [1.82, 2.24) is 4.90 Å². The third-order valence-corrected chi connectivity index (χ3v) is 2.97. The molecule has 1 N–H and O–H groups in total. The zero-order chi connectivity index (χ0) is 13.9. The molecule has 0 bridgehead atoms. The van der Waals surface area contributed by atoms with Crippen LogP contribution in [0, 0.1) is 21.4 Å². The van der Waals surface area contributed by atoms with Gasteiger partial charge in [-0.3, -0.25) is 15.5 Å². The predicted molar refractivity (Wildman–Crippen MR) is 60.4 cm³/mol. The Hall–Kier alpha value is -1.31. The quantitative estimate of drug-likeness (QED) is 0.269. The van der Waals surface area contributed by atoms with Gasteiger partial charge in [-0.05, 0) is 20.3 Å². The first-order chi connectivity index (χ1) is 8.28. The van der Waals surface area contributed by atoms with Crippen LogP contribution in [0.1, 0.15) is 20.3 Å². The largest absolute Gasteiger partial charge is 0.571 e. The highest BCUT2D eigenvalue weighted by molar-refractivity contribution is 5.84. The molecule has 1 saturated heterocycles. The van der Waals surface area contributed by atoms with Crippen LogP contribution in [-0.2, 0) is 4.74 Å². The average Bonchev–Trinajstić information content (AvgIpc) is 2.70. The van der Waals surface area contributed by atoms with E-state index in [0.29, 0.717) is 13.0 Å². The van der Waals surface area contributed by atoms with Crippen molar-refractivity contribution in [3.8, 4) is 0 Å². The van der Waals surface area contributed by atoms with E-state index in [2.05, 4.69) is 0 Å². The van der Waals surface area contributed by atoms with E-state index in [0.717, 1.165) is 4.90 Å². The first kappa shape index (κ1) is 14.7. The lowest BCUT2D eigenvalue weighted by Gasteiger charge is -2.26. The Labute approximate surface area is 104 Å². The van der Waals surface area contributed by atoms with Crippen LogP contribution in [-0.4, -0.2) is 47.5 Å². The van der Waals surface area contributed by atoms with Crippen molar-refractivity contribution in [3.63, 3.8) is 0 Å². The summed E-state index contributed by atoms with van der Waals surface area (Å²) in [5, 5.41) is 17.5. The van der Waals surface area contributed by atoms with Crippen molar-refractivity contribution in [2.24, 2.45) is 5.92 Å². The SMILES string of the molecule is CCN(CC1COC(C)C1)C(=N)C(F)(F)[N+](=O)[O-]. The maximum atomic E-state index is 13.1. The molecule has 0 aromatic carbocycles. The summed E-state index contributed by atoms with van der Waals surface area (Å²) in [5.41, 5.74) is 0. The van der Waals surface area contributed by atoms with Gasteiger partial charge in [-0.25, -0.2) is 0 Å². The molecule has 1 aliphatic rings. The summed E-state index contributed by atoms with van der Waals surface area (Å²) in [4.78, 5) is 9.54. The molecule has 0 saturated carbocycles.